The number of ether oxygens (including phenoxy) is 3. The number of hydrogen-bond acceptors (Lipinski definition) is 7. The first-order valence-electron chi connectivity index (χ1n) is 7.81. The van der Waals surface area contributed by atoms with Crippen molar-refractivity contribution in [3.63, 3.8) is 0 Å². The molecule has 2 aromatic heterocycles. The number of nitrogens with two attached hydrogens (primary N) is 1. The van der Waals surface area contributed by atoms with Gasteiger partial charge in [-0.25, -0.2) is 9.97 Å². The van der Waals surface area contributed by atoms with Crippen molar-refractivity contribution in [1.29, 1.82) is 0 Å². The molecule has 1 atom stereocenters. The molecule has 2 heterocycles. The van der Waals surface area contributed by atoms with Gasteiger partial charge in [-0.1, -0.05) is 0 Å². The van der Waals surface area contributed by atoms with Gasteiger partial charge in [-0.15, -0.1) is 0 Å². The fourth-order valence-corrected chi connectivity index (χ4v) is 1.97. The predicted octanol–water partition coefficient (Wildman–Crippen LogP) is 2.12. The lowest BCUT2D eigenvalue weighted by molar-refractivity contribution is -0.209. The molecular formula is C15H25N5O3. The van der Waals surface area contributed by atoms with E-state index in [1.807, 2.05) is 27.7 Å². The molecule has 2 aromatic rings. The molecule has 0 saturated heterocycles. The van der Waals surface area contributed by atoms with Crippen LogP contribution >= 0.6 is 0 Å². The first-order valence-corrected chi connectivity index (χ1v) is 7.81. The lowest BCUT2D eigenvalue weighted by Gasteiger charge is -2.22. The van der Waals surface area contributed by atoms with Crippen LogP contribution in [0.5, 0.6) is 0 Å². The molecule has 2 N–H and O–H groups in total. The number of hydrogen-bond donors (Lipinski definition) is 1. The first-order chi connectivity index (χ1) is 11.0. The Labute approximate surface area is 136 Å². The summed E-state index contributed by atoms with van der Waals surface area (Å²) < 4.78 is 18.9. The van der Waals surface area contributed by atoms with Crippen molar-refractivity contribution in [3.8, 4) is 0 Å². The summed E-state index contributed by atoms with van der Waals surface area (Å²) in [5, 5.41) is 0. The number of rotatable bonds is 9. The van der Waals surface area contributed by atoms with Gasteiger partial charge in [0, 0.05) is 6.61 Å². The Morgan fingerprint density at radius 1 is 1.09 bits per heavy atom. The Balaban J connectivity index is 2.06. The van der Waals surface area contributed by atoms with Gasteiger partial charge >= 0.3 is 0 Å². The highest BCUT2D eigenvalue weighted by molar-refractivity contribution is 5.70. The highest BCUT2D eigenvalue weighted by Gasteiger charge is 2.18. The predicted molar refractivity (Wildman–Crippen MR) is 86.7 cm³/mol. The normalized spacial score (nSPS) is 13.3. The van der Waals surface area contributed by atoms with Gasteiger partial charge < -0.3 is 19.9 Å². The Kier molecular flexibility index (Phi) is 6.26. The van der Waals surface area contributed by atoms with Crippen molar-refractivity contribution in [2.45, 2.75) is 52.7 Å². The Hall–Kier alpha value is -1.77. The highest BCUT2D eigenvalue weighted by Crippen LogP contribution is 2.20. The minimum Gasteiger partial charge on any atom is -0.379 e. The largest absolute Gasteiger partial charge is 0.379 e. The van der Waals surface area contributed by atoms with Crippen LogP contribution < -0.4 is 5.73 Å². The summed E-state index contributed by atoms with van der Waals surface area (Å²) in [6.45, 7) is 9.05. The number of nitrogen functional groups attached to an aromatic ring is 1. The van der Waals surface area contributed by atoms with E-state index in [-0.39, 0.29) is 18.2 Å². The van der Waals surface area contributed by atoms with Gasteiger partial charge in [0.25, 0.3) is 0 Å². The molecule has 0 fully saturated rings. The standard InChI is InChI=1S/C15H25N5O3/c1-10(2)21-6-5-7-22-15(23-11(3)4)20-9-18-12-8-17-14(16)19-13(12)20/h8-11,15H,5-7H2,1-4H3,(H2,16,17,19). The van der Waals surface area contributed by atoms with E-state index in [9.17, 15) is 0 Å². The maximum Gasteiger partial charge on any atom is 0.247 e. The van der Waals surface area contributed by atoms with Crippen molar-refractivity contribution >= 4 is 17.1 Å². The van der Waals surface area contributed by atoms with Gasteiger partial charge in [0.2, 0.25) is 12.4 Å². The molecule has 2 rings (SSSR count). The van der Waals surface area contributed by atoms with Crippen LogP contribution in [0.2, 0.25) is 0 Å². The minimum absolute atomic E-state index is 0.0106. The van der Waals surface area contributed by atoms with Gasteiger partial charge in [-0.05, 0) is 34.1 Å². The Bertz CT molecular complexity index is 614. The number of imidazole rings is 1. The van der Waals surface area contributed by atoms with Crippen molar-refractivity contribution in [2.24, 2.45) is 0 Å². The molecule has 0 spiro atoms. The summed E-state index contributed by atoms with van der Waals surface area (Å²) >= 11 is 0. The fourth-order valence-electron chi connectivity index (χ4n) is 1.97. The van der Waals surface area contributed by atoms with Gasteiger partial charge in [-0.3, -0.25) is 4.57 Å². The van der Waals surface area contributed by atoms with E-state index in [1.54, 1.807) is 17.1 Å². The number of fused-ring (bicyclic) bond motifs is 1. The first kappa shape index (κ1) is 17.6. The van der Waals surface area contributed by atoms with Crippen LogP contribution in [0.4, 0.5) is 5.95 Å². The molecule has 0 bridgehead atoms. The maximum atomic E-state index is 5.85. The van der Waals surface area contributed by atoms with Gasteiger partial charge in [0.15, 0.2) is 5.65 Å². The molecule has 0 aliphatic carbocycles. The smallest absolute Gasteiger partial charge is 0.247 e. The van der Waals surface area contributed by atoms with Crippen LogP contribution in [0, 0.1) is 0 Å². The second-order valence-corrected chi connectivity index (χ2v) is 5.72. The van der Waals surface area contributed by atoms with E-state index in [0.29, 0.717) is 24.4 Å². The van der Waals surface area contributed by atoms with Crippen molar-refractivity contribution in [2.75, 3.05) is 18.9 Å². The lowest BCUT2D eigenvalue weighted by atomic mass is 10.4. The van der Waals surface area contributed by atoms with Crippen molar-refractivity contribution < 1.29 is 14.2 Å². The fraction of sp³-hybridized carbons (Fsp3) is 0.667. The molecule has 0 saturated carbocycles. The quantitative estimate of drug-likeness (QED) is 0.557. The second kappa shape index (κ2) is 8.19. The molecule has 23 heavy (non-hydrogen) atoms. The van der Waals surface area contributed by atoms with Crippen molar-refractivity contribution in [3.05, 3.63) is 12.5 Å². The van der Waals surface area contributed by atoms with E-state index in [4.69, 9.17) is 19.9 Å². The molecule has 0 radical (unpaired) electrons. The van der Waals surface area contributed by atoms with E-state index in [0.717, 1.165) is 6.42 Å². The molecule has 128 valence electrons. The van der Waals surface area contributed by atoms with Crippen LogP contribution in [-0.2, 0) is 14.2 Å². The zero-order valence-corrected chi connectivity index (χ0v) is 14.1. The minimum atomic E-state index is -0.617. The lowest BCUT2D eigenvalue weighted by Crippen LogP contribution is -2.21. The Morgan fingerprint density at radius 3 is 2.52 bits per heavy atom. The zero-order chi connectivity index (χ0) is 16.8. The second-order valence-electron chi connectivity index (χ2n) is 5.72. The maximum absolute atomic E-state index is 5.85. The summed E-state index contributed by atoms with van der Waals surface area (Å²) in [4.78, 5) is 12.4. The average molecular weight is 323 g/mol. The van der Waals surface area contributed by atoms with E-state index >= 15 is 0 Å². The SMILES string of the molecule is CC(C)OCCCOC(OC(C)C)n1cnc2cnc(N)nc21. The number of nitrogens with zero attached hydrogens (tertiary/aromatic N) is 4. The van der Waals surface area contributed by atoms with Crippen molar-refractivity contribution in [1.82, 2.24) is 19.5 Å². The third-order valence-electron chi connectivity index (χ3n) is 2.95. The van der Waals surface area contributed by atoms with Gasteiger partial charge in [-0.2, -0.15) is 4.98 Å². The summed E-state index contributed by atoms with van der Waals surface area (Å²) in [5.74, 6) is 0.188. The van der Waals surface area contributed by atoms with Crippen LogP contribution in [0.1, 0.15) is 40.5 Å². The molecule has 0 amide bonds. The highest BCUT2D eigenvalue weighted by atomic mass is 16.7. The summed E-state index contributed by atoms with van der Waals surface area (Å²) in [6, 6.07) is 0. The molecule has 0 aliphatic rings. The van der Waals surface area contributed by atoms with Crippen LogP contribution in [0.25, 0.3) is 11.2 Å². The Morgan fingerprint density at radius 2 is 1.83 bits per heavy atom. The third-order valence-corrected chi connectivity index (χ3v) is 2.95. The van der Waals surface area contributed by atoms with Gasteiger partial charge in [0.1, 0.15) is 11.8 Å². The summed E-state index contributed by atoms with van der Waals surface area (Å²) in [6.07, 6.45) is 3.57. The van der Waals surface area contributed by atoms with Crippen LogP contribution in [0.3, 0.4) is 0 Å². The molecule has 8 nitrogen and oxygen atoms in total. The van der Waals surface area contributed by atoms with Crippen LogP contribution in [0.15, 0.2) is 12.5 Å². The molecule has 0 aromatic carbocycles. The molecular weight excluding hydrogens is 298 g/mol. The summed E-state index contributed by atoms with van der Waals surface area (Å²) in [5.41, 5.74) is 6.89. The molecule has 0 aliphatic heterocycles. The molecule has 8 heteroatoms. The zero-order valence-electron chi connectivity index (χ0n) is 14.1. The number of anilines is 1. The van der Waals surface area contributed by atoms with E-state index < -0.39 is 6.41 Å². The van der Waals surface area contributed by atoms with Crippen LogP contribution in [-0.4, -0.2) is 44.9 Å². The monoisotopic (exact) mass is 323 g/mol. The van der Waals surface area contributed by atoms with E-state index in [2.05, 4.69) is 15.0 Å². The molecule has 1 unspecified atom stereocenters. The topological polar surface area (TPSA) is 97.3 Å². The van der Waals surface area contributed by atoms with E-state index in [1.165, 1.54) is 0 Å². The third kappa shape index (κ3) is 5.12. The van der Waals surface area contributed by atoms with Gasteiger partial charge in [0.05, 0.1) is 25.0 Å². The summed E-state index contributed by atoms with van der Waals surface area (Å²) in [7, 11) is 0. The number of aromatic nitrogens is 4. The average Bonchev–Trinajstić information content (AvgIpc) is 2.87.